The summed E-state index contributed by atoms with van der Waals surface area (Å²) in [5.41, 5.74) is 0.971. The van der Waals surface area contributed by atoms with Crippen molar-refractivity contribution in [3.63, 3.8) is 0 Å². The third kappa shape index (κ3) is 5.09. The zero-order valence-electron chi connectivity index (χ0n) is 14.6. The van der Waals surface area contributed by atoms with Crippen molar-refractivity contribution in [2.75, 3.05) is 13.1 Å². The van der Waals surface area contributed by atoms with Gasteiger partial charge < -0.3 is 10.2 Å². The topological polar surface area (TPSA) is 73.2 Å². The first-order valence-corrected chi connectivity index (χ1v) is 8.37. The summed E-state index contributed by atoms with van der Waals surface area (Å²) in [5.74, 6) is 0.0283. The van der Waals surface area contributed by atoms with Crippen molar-refractivity contribution in [2.45, 2.75) is 46.1 Å². The quantitative estimate of drug-likeness (QED) is 0.927. The average molecular weight is 327 g/mol. The van der Waals surface area contributed by atoms with Gasteiger partial charge in [0.15, 0.2) is 0 Å². The zero-order valence-corrected chi connectivity index (χ0v) is 14.6. The largest absolute Gasteiger partial charge is 0.349 e. The number of rotatable bonds is 3. The van der Waals surface area contributed by atoms with Crippen LogP contribution in [0.4, 0.5) is 0 Å². The first-order valence-electron chi connectivity index (χ1n) is 8.37. The Morgan fingerprint density at radius 3 is 2.54 bits per heavy atom. The van der Waals surface area contributed by atoms with Gasteiger partial charge in [-0.3, -0.25) is 9.59 Å². The van der Waals surface area contributed by atoms with E-state index in [0.717, 1.165) is 12.8 Å². The van der Waals surface area contributed by atoms with Crippen LogP contribution in [0.3, 0.4) is 0 Å². The van der Waals surface area contributed by atoms with Crippen LogP contribution in [0, 0.1) is 16.7 Å². The van der Waals surface area contributed by atoms with E-state index >= 15 is 0 Å². The maximum absolute atomic E-state index is 12.3. The number of piperidine rings is 1. The molecule has 1 fully saturated rings. The third-order valence-corrected chi connectivity index (χ3v) is 4.12. The van der Waals surface area contributed by atoms with Gasteiger partial charge in [-0.05, 0) is 36.5 Å². The first-order chi connectivity index (χ1) is 11.3. The van der Waals surface area contributed by atoms with E-state index in [0.29, 0.717) is 30.6 Å². The molecule has 0 radical (unpaired) electrons. The Bertz CT molecular complexity index is 647. The van der Waals surface area contributed by atoms with Crippen molar-refractivity contribution < 1.29 is 9.59 Å². The number of hydrogen-bond acceptors (Lipinski definition) is 3. The Balaban J connectivity index is 1.85. The minimum Gasteiger partial charge on any atom is -0.349 e. The highest BCUT2D eigenvalue weighted by molar-refractivity contribution is 5.94. The lowest BCUT2D eigenvalue weighted by Gasteiger charge is -2.34. The Labute approximate surface area is 143 Å². The lowest BCUT2D eigenvalue weighted by Crippen LogP contribution is -2.47. The number of carbonyl (C=O) groups excluding carboxylic acids is 2. The summed E-state index contributed by atoms with van der Waals surface area (Å²) in [7, 11) is 0. The summed E-state index contributed by atoms with van der Waals surface area (Å²) in [5, 5.41) is 11.9. The Morgan fingerprint density at radius 2 is 1.96 bits per heavy atom. The number of carbonyl (C=O) groups is 2. The number of nitriles is 1. The molecule has 5 heteroatoms. The molecule has 1 aromatic rings. The van der Waals surface area contributed by atoms with Gasteiger partial charge in [0.25, 0.3) is 5.91 Å². The number of amides is 2. The molecule has 2 amide bonds. The Hall–Kier alpha value is -2.35. The highest BCUT2D eigenvalue weighted by atomic mass is 16.2. The highest BCUT2D eigenvalue weighted by Gasteiger charge is 2.26. The van der Waals surface area contributed by atoms with Crippen molar-refractivity contribution >= 4 is 11.8 Å². The molecule has 1 aliphatic rings. The van der Waals surface area contributed by atoms with Gasteiger partial charge in [-0.25, -0.2) is 0 Å². The number of nitrogens with one attached hydrogen (secondary N) is 1. The molecule has 1 aliphatic heterocycles. The van der Waals surface area contributed by atoms with Crippen LogP contribution in [-0.4, -0.2) is 35.8 Å². The van der Waals surface area contributed by atoms with E-state index in [1.165, 1.54) is 0 Å². The van der Waals surface area contributed by atoms with E-state index in [1.807, 2.05) is 11.0 Å². The van der Waals surface area contributed by atoms with Crippen LogP contribution in [0.5, 0.6) is 0 Å². The average Bonchev–Trinajstić information content (AvgIpc) is 2.54. The second kappa shape index (κ2) is 7.48. The van der Waals surface area contributed by atoms with Crippen LogP contribution in [-0.2, 0) is 4.79 Å². The fourth-order valence-corrected chi connectivity index (χ4v) is 2.84. The van der Waals surface area contributed by atoms with Gasteiger partial charge in [0.2, 0.25) is 5.91 Å². The van der Waals surface area contributed by atoms with Gasteiger partial charge in [-0.15, -0.1) is 0 Å². The van der Waals surface area contributed by atoms with Crippen LogP contribution >= 0.6 is 0 Å². The fraction of sp³-hybridized carbons (Fsp3) is 0.526. The van der Waals surface area contributed by atoms with Crippen LogP contribution < -0.4 is 5.32 Å². The second-order valence-electron chi connectivity index (χ2n) is 7.56. The van der Waals surface area contributed by atoms with Crippen LogP contribution in [0.15, 0.2) is 24.3 Å². The predicted octanol–water partition coefficient (Wildman–Crippen LogP) is 2.72. The van der Waals surface area contributed by atoms with E-state index in [2.05, 4.69) is 26.1 Å². The van der Waals surface area contributed by atoms with Crippen LogP contribution in [0.1, 0.15) is 56.0 Å². The molecule has 0 aromatic heterocycles. The monoisotopic (exact) mass is 327 g/mol. The van der Waals surface area contributed by atoms with Gasteiger partial charge in [-0.1, -0.05) is 26.8 Å². The molecule has 1 heterocycles. The summed E-state index contributed by atoms with van der Waals surface area (Å²) < 4.78 is 0. The SMILES string of the molecule is CC(C)(C)CC(=O)N1CCC(NC(=O)c2cccc(C#N)c2)CC1. The Morgan fingerprint density at radius 1 is 1.29 bits per heavy atom. The molecule has 1 N–H and O–H groups in total. The molecular weight excluding hydrogens is 302 g/mol. The van der Waals surface area contributed by atoms with Gasteiger partial charge >= 0.3 is 0 Å². The molecule has 5 nitrogen and oxygen atoms in total. The maximum Gasteiger partial charge on any atom is 0.251 e. The van der Waals surface area contributed by atoms with E-state index in [4.69, 9.17) is 5.26 Å². The third-order valence-electron chi connectivity index (χ3n) is 4.12. The molecule has 1 aromatic carbocycles. The van der Waals surface area contributed by atoms with Crippen molar-refractivity contribution in [3.8, 4) is 6.07 Å². The molecule has 1 saturated heterocycles. The molecule has 0 unspecified atom stereocenters. The van der Waals surface area contributed by atoms with Crippen molar-refractivity contribution in [2.24, 2.45) is 5.41 Å². The van der Waals surface area contributed by atoms with E-state index in [-0.39, 0.29) is 23.3 Å². The van der Waals surface area contributed by atoms with Crippen LogP contribution in [0.2, 0.25) is 0 Å². The molecule has 0 bridgehead atoms. The zero-order chi connectivity index (χ0) is 17.7. The van der Waals surface area contributed by atoms with E-state index in [9.17, 15) is 9.59 Å². The number of likely N-dealkylation sites (tertiary alicyclic amines) is 1. The van der Waals surface area contributed by atoms with Crippen molar-refractivity contribution in [1.82, 2.24) is 10.2 Å². The van der Waals surface area contributed by atoms with Crippen molar-refractivity contribution in [1.29, 1.82) is 5.26 Å². The fourth-order valence-electron chi connectivity index (χ4n) is 2.84. The van der Waals surface area contributed by atoms with Gasteiger partial charge in [-0.2, -0.15) is 5.26 Å². The molecule has 24 heavy (non-hydrogen) atoms. The highest BCUT2D eigenvalue weighted by Crippen LogP contribution is 2.21. The summed E-state index contributed by atoms with van der Waals surface area (Å²) in [4.78, 5) is 26.4. The van der Waals surface area contributed by atoms with Gasteiger partial charge in [0.1, 0.15) is 0 Å². The standard InChI is InChI=1S/C19H25N3O2/c1-19(2,3)12-17(23)22-9-7-16(8-10-22)21-18(24)15-6-4-5-14(11-15)13-20/h4-6,11,16H,7-10,12H2,1-3H3,(H,21,24). The summed E-state index contributed by atoms with van der Waals surface area (Å²) in [6.45, 7) is 7.55. The summed E-state index contributed by atoms with van der Waals surface area (Å²) >= 11 is 0. The van der Waals surface area contributed by atoms with Crippen molar-refractivity contribution in [3.05, 3.63) is 35.4 Å². The molecule has 128 valence electrons. The smallest absolute Gasteiger partial charge is 0.251 e. The number of nitrogens with zero attached hydrogens (tertiary/aromatic N) is 2. The lowest BCUT2D eigenvalue weighted by atomic mass is 9.91. The molecule has 0 saturated carbocycles. The maximum atomic E-state index is 12.3. The molecule has 2 rings (SSSR count). The van der Waals surface area contributed by atoms with Gasteiger partial charge in [0, 0.05) is 31.1 Å². The molecular formula is C19H25N3O2. The minimum atomic E-state index is -0.161. The van der Waals surface area contributed by atoms with Gasteiger partial charge in [0.05, 0.1) is 11.6 Å². The summed E-state index contributed by atoms with van der Waals surface area (Å²) in [6, 6.07) is 8.80. The Kier molecular flexibility index (Phi) is 5.61. The molecule has 0 aliphatic carbocycles. The predicted molar refractivity (Wildman–Crippen MR) is 92.3 cm³/mol. The molecule has 0 atom stereocenters. The van der Waals surface area contributed by atoms with Crippen LogP contribution in [0.25, 0.3) is 0 Å². The van der Waals surface area contributed by atoms with E-state index < -0.39 is 0 Å². The normalized spacial score (nSPS) is 15.7. The first kappa shape index (κ1) is 18.0. The van der Waals surface area contributed by atoms with E-state index in [1.54, 1.807) is 24.3 Å². The number of benzene rings is 1. The number of hydrogen-bond donors (Lipinski definition) is 1. The second-order valence-corrected chi connectivity index (χ2v) is 7.56. The lowest BCUT2D eigenvalue weighted by molar-refractivity contribution is -0.134. The minimum absolute atomic E-state index is 0.00605. The molecule has 0 spiro atoms. The summed E-state index contributed by atoms with van der Waals surface area (Å²) in [6.07, 6.45) is 2.07.